The molecule has 0 aromatic carbocycles. The van der Waals surface area contributed by atoms with E-state index in [1.54, 1.807) is 0 Å². The summed E-state index contributed by atoms with van der Waals surface area (Å²) in [6.07, 6.45) is 4.00. The van der Waals surface area contributed by atoms with E-state index < -0.39 is 8.07 Å². The van der Waals surface area contributed by atoms with Gasteiger partial charge in [0.2, 0.25) is 0 Å². The summed E-state index contributed by atoms with van der Waals surface area (Å²) in [5.41, 5.74) is 0.346. The van der Waals surface area contributed by atoms with Crippen LogP contribution in [0.5, 0.6) is 0 Å². The number of Topliss-reactive ketones (excluding diaryl/α,β-unsaturated/α-hetero) is 1. The number of unbranched alkanes of at least 4 members (excludes halogenated alkanes) is 1. The van der Waals surface area contributed by atoms with Gasteiger partial charge in [-0.25, -0.2) is 0 Å². The number of carbonyl (C=O) groups excluding carboxylic acids is 1. The molecule has 0 heterocycles. The van der Waals surface area contributed by atoms with Crippen LogP contribution in [0.3, 0.4) is 0 Å². The zero-order valence-corrected chi connectivity index (χ0v) is 13.3. The second kappa shape index (κ2) is 5.99. The number of carbonyl (C=O) groups is 1. The van der Waals surface area contributed by atoms with Crippen molar-refractivity contribution in [3.63, 3.8) is 0 Å². The van der Waals surface area contributed by atoms with Gasteiger partial charge in [-0.3, -0.25) is 4.79 Å². The highest BCUT2D eigenvalue weighted by Gasteiger charge is 2.43. The minimum absolute atomic E-state index is 0.315. The van der Waals surface area contributed by atoms with Gasteiger partial charge >= 0.3 is 0 Å². The minimum atomic E-state index is -1.50. The first kappa shape index (κ1) is 15.9. The van der Waals surface area contributed by atoms with Crippen molar-refractivity contribution in [3.05, 3.63) is 0 Å². The Morgan fingerprint density at radius 3 is 2.00 bits per heavy atom. The third-order valence-electron chi connectivity index (χ3n) is 4.38. The maximum atomic E-state index is 12.3. The largest absolute Gasteiger partial charge is 0.300 e. The molecule has 0 aromatic heterocycles. The number of rotatable bonds is 6. The van der Waals surface area contributed by atoms with Gasteiger partial charge in [0.25, 0.3) is 0 Å². The van der Waals surface area contributed by atoms with E-state index in [-0.39, 0.29) is 0 Å². The summed E-state index contributed by atoms with van der Waals surface area (Å²) in [6, 6.07) is 0. The van der Waals surface area contributed by atoms with E-state index in [1.165, 1.54) is 0 Å². The van der Waals surface area contributed by atoms with Crippen LogP contribution in [0, 0.1) is 0 Å². The second-order valence-electron chi connectivity index (χ2n) is 6.50. The zero-order chi connectivity index (χ0) is 13.0. The molecule has 16 heavy (non-hydrogen) atoms. The molecule has 0 amide bonds. The third-order valence-corrected chi connectivity index (χ3v) is 10.7. The van der Waals surface area contributed by atoms with Crippen LogP contribution in [0.25, 0.3) is 0 Å². The van der Waals surface area contributed by atoms with E-state index in [0.717, 1.165) is 25.7 Å². The lowest BCUT2D eigenvalue weighted by molar-refractivity contribution is -0.119. The molecule has 0 fully saturated rings. The first-order chi connectivity index (χ1) is 7.18. The van der Waals surface area contributed by atoms with Crippen LogP contribution in [0.2, 0.25) is 23.7 Å². The van der Waals surface area contributed by atoms with Crippen molar-refractivity contribution < 1.29 is 4.79 Å². The normalized spacial score (nSPS) is 14.9. The van der Waals surface area contributed by atoms with Crippen molar-refractivity contribution in [3.8, 4) is 0 Å². The summed E-state index contributed by atoms with van der Waals surface area (Å²) in [6.45, 7) is 16.0. The van der Waals surface area contributed by atoms with E-state index in [4.69, 9.17) is 0 Å². The van der Waals surface area contributed by atoms with Gasteiger partial charge in [-0.15, -0.1) is 0 Å². The number of hydrogen-bond donors (Lipinski definition) is 0. The van der Waals surface area contributed by atoms with Gasteiger partial charge < -0.3 is 0 Å². The van der Waals surface area contributed by atoms with Crippen LogP contribution in [-0.2, 0) is 4.79 Å². The minimum Gasteiger partial charge on any atom is -0.300 e. The van der Waals surface area contributed by atoms with E-state index in [1.807, 2.05) is 0 Å². The van der Waals surface area contributed by atoms with E-state index >= 15 is 0 Å². The lowest BCUT2D eigenvalue weighted by Gasteiger charge is -2.42. The number of ketones is 1. The average Bonchev–Trinajstić information content (AvgIpc) is 2.13. The molecule has 0 aliphatic rings. The monoisotopic (exact) mass is 242 g/mol. The maximum absolute atomic E-state index is 12.3. The van der Waals surface area contributed by atoms with Crippen molar-refractivity contribution in [2.45, 2.75) is 84.0 Å². The molecule has 0 saturated heterocycles. The number of hydrogen-bond acceptors (Lipinski definition) is 1. The molecule has 0 radical (unpaired) electrons. The first-order valence-electron chi connectivity index (χ1n) is 6.71. The van der Waals surface area contributed by atoms with Crippen molar-refractivity contribution >= 4 is 13.9 Å². The molecule has 0 N–H and O–H groups in total. The standard InChI is InChI=1S/C14H30OSi/c1-8-10-11-12(15)13(9-2)16(6,7)14(3,4)5/h13H,8-11H2,1-7H3. The molecule has 2 heteroatoms. The summed E-state index contributed by atoms with van der Waals surface area (Å²) >= 11 is 0. The fourth-order valence-electron chi connectivity index (χ4n) is 2.19. The van der Waals surface area contributed by atoms with Gasteiger partial charge in [-0.05, 0) is 17.9 Å². The average molecular weight is 242 g/mol. The fourth-order valence-corrected chi connectivity index (χ4v) is 5.20. The Morgan fingerprint density at radius 1 is 1.19 bits per heavy atom. The lowest BCUT2D eigenvalue weighted by Crippen LogP contribution is -2.45. The Kier molecular flexibility index (Phi) is 5.95. The van der Waals surface area contributed by atoms with Crippen LogP contribution in [0.1, 0.15) is 60.3 Å². The molecule has 0 bridgehead atoms. The molecule has 1 unspecified atom stereocenters. The predicted molar refractivity (Wildman–Crippen MR) is 75.8 cm³/mol. The summed E-state index contributed by atoms with van der Waals surface area (Å²) in [7, 11) is -1.50. The topological polar surface area (TPSA) is 17.1 Å². The first-order valence-corrected chi connectivity index (χ1v) is 9.78. The van der Waals surface area contributed by atoms with Crippen LogP contribution < -0.4 is 0 Å². The van der Waals surface area contributed by atoms with Crippen LogP contribution in [0.4, 0.5) is 0 Å². The highest BCUT2D eigenvalue weighted by molar-refractivity contribution is 6.84. The van der Waals surface area contributed by atoms with Gasteiger partial charge in [-0.2, -0.15) is 0 Å². The summed E-state index contributed by atoms with van der Waals surface area (Å²) < 4.78 is 0. The zero-order valence-electron chi connectivity index (χ0n) is 12.3. The quantitative estimate of drug-likeness (QED) is 0.597. The van der Waals surface area contributed by atoms with E-state index in [9.17, 15) is 4.79 Å². The summed E-state index contributed by atoms with van der Waals surface area (Å²) in [5, 5.41) is 0.315. The Hall–Kier alpha value is -0.113. The molecular weight excluding hydrogens is 212 g/mol. The SMILES string of the molecule is CCCCC(=O)C(CC)[Si](C)(C)C(C)(C)C. The van der Waals surface area contributed by atoms with E-state index in [2.05, 4.69) is 47.7 Å². The molecule has 1 atom stereocenters. The van der Waals surface area contributed by atoms with Crippen molar-refractivity contribution in [2.24, 2.45) is 0 Å². The Labute approximate surface area is 103 Å². The Bertz CT molecular complexity index is 225. The molecule has 1 nitrogen and oxygen atoms in total. The van der Waals surface area contributed by atoms with Gasteiger partial charge in [0.1, 0.15) is 5.78 Å². The van der Waals surface area contributed by atoms with Crippen molar-refractivity contribution in [1.82, 2.24) is 0 Å². The predicted octanol–water partition coefficient (Wildman–Crippen LogP) is 5.03. The van der Waals surface area contributed by atoms with Crippen LogP contribution in [-0.4, -0.2) is 13.9 Å². The van der Waals surface area contributed by atoms with Gasteiger partial charge in [0.05, 0.1) is 8.07 Å². The molecule has 0 aromatic rings. The Morgan fingerprint density at radius 2 is 1.69 bits per heavy atom. The fraction of sp³-hybridized carbons (Fsp3) is 0.929. The molecule has 0 saturated carbocycles. The highest BCUT2D eigenvalue weighted by Crippen LogP contribution is 2.45. The molecule has 96 valence electrons. The van der Waals surface area contributed by atoms with Crippen molar-refractivity contribution in [1.29, 1.82) is 0 Å². The molecule has 0 rings (SSSR count). The van der Waals surface area contributed by atoms with Crippen LogP contribution in [0.15, 0.2) is 0 Å². The van der Waals surface area contributed by atoms with E-state index in [0.29, 0.717) is 16.4 Å². The smallest absolute Gasteiger partial charge is 0.133 e. The molecule has 0 spiro atoms. The Balaban J connectivity index is 4.78. The molecular formula is C14H30OSi. The van der Waals surface area contributed by atoms with Crippen LogP contribution >= 0.6 is 0 Å². The maximum Gasteiger partial charge on any atom is 0.133 e. The van der Waals surface area contributed by atoms with Gasteiger partial charge in [-0.1, -0.05) is 54.1 Å². The third kappa shape index (κ3) is 3.72. The molecule has 0 aliphatic carbocycles. The second-order valence-corrected chi connectivity index (χ2v) is 12.1. The van der Waals surface area contributed by atoms with Crippen molar-refractivity contribution in [2.75, 3.05) is 0 Å². The molecule has 0 aliphatic heterocycles. The van der Waals surface area contributed by atoms with Gasteiger partial charge in [0, 0.05) is 12.0 Å². The lowest BCUT2D eigenvalue weighted by atomic mass is 10.1. The summed E-state index contributed by atoms with van der Waals surface area (Å²) in [4.78, 5) is 12.3. The van der Waals surface area contributed by atoms with Gasteiger partial charge in [0.15, 0.2) is 0 Å². The summed E-state index contributed by atoms with van der Waals surface area (Å²) in [5.74, 6) is 0.524. The highest BCUT2D eigenvalue weighted by atomic mass is 28.3.